The van der Waals surface area contributed by atoms with Gasteiger partial charge in [0.25, 0.3) is 0 Å². The minimum absolute atomic E-state index is 0.401. The zero-order valence-electron chi connectivity index (χ0n) is 15.1. The van der Waals surface area contributed by atoms with Crippen molar-refractivity contribution in [3.8, 4) is 0 Å². The molecule has 0 aliphatic carbocycles. The first-order valence-electron chi connectivity index (χ1n) is 8.55. The lowest BCUT2D eigenvalue weighted by Crippen LogP contribution is -1.96. The highest BCUT2D eigenvalue weighted by Crippen LogP contribution is 2.21. The summed E-state index contributed by atoms with van der Waals surface area (Å²) in [5, 5.41) is 14.5. The van der Waals surface area contributed by atoms with Gasteiger partial charge in [0.1, 0.15) is 0 Å². The van der Waals surface area contributed by atoms with Gasteiger partial charge in [-0.05, 0) is 41.7 Å². The van der Waals surface area contributed by atoms with Crippen molar-refractivity contribution >= 4 is 16.3 Å². The number of pyridine rings is 1. The quantitative estimate of drug-likeness (QED) is 0.538. The standard InChI is InChI=1S/C10H11N3.C10H12N2/c1-7(2)10-9-3-4-11-5-8(9)6-12-13-10;1-8(2)9-5-6-11-12-7-3-4-10(9)12/h3-7H,1-2H3;3-8H,1-2H3. The number of hydrogen-bond donors (Lipinski definition) is 0. The van der Waals surface area contributed by atoms with Gasteiger partial charge in [0.05, 0.1) is 17.4 Å². The normalized spacial score (nSPS) is 11.1. The Hall–Kier alpha value is -2.82. The van der Waals surface area contributed by atoms with Crippen molar-refractivity contribution in [2.24, 2.45) is 0 Å². The molecule has 4 aromatic heterocycles. The van der Waals surface area contributed by atoms with E-state index in [1.807, 2.05) is 35.2 Å². The van der Waals surface area contributed by atoms with Gasteiger partial charge in [-0.2, -0.15) is 15.3 Å². The van der Waals surface area contributed by atoms with Crippen LogP contribution in [0.2, 0.25) is 0 Å². The molecule has 0 atom stereocenters. The van der Waals surface area contributed by atoms with Crippen molar-refractivity contribution in [3.05, 3.63) is 66.5 Å². The molecule has 0 aliphatic heterocycles. The molecule has 0 saturated carbocycles. The van der Waals surface area contributed by atoms with Crippen molar-refractivity contribution in [2.45, 2.75) is 39.5 Å². The molecule has 0 amide bonds. The van der Waals surface area contributed by atoms with E-state index in [1.54, 1.807) is 12.4 Å². The molecule has 0 unspecified atom stereocenters. The summed E-state index contributed by atoms with van der Waals surface area (Å²) in [4.78, 5) is 4.05. The lowest BCUT2D eigenvalue weighted by Gasteiger charge is -2.06. The van der Waals surface area contributed by atoms with Crippen molar-refractivity contribution < 1.29 is 0 Å². The Balaban J connectivity index is 0.000000146. The van der Waals surface area contributed by atoms with Gasteiger partial charge in [0, 0.05) is 35.6 Å². The molecule has 0 radical (unpaired) electrons. The zero-order valence-corrected chi connectivity index (χ0v) is 15.1. The highest BCUT2D eigenvalue weighted by atomic mass is 15.2. The van der Waals surface area contributed by atoms with Crippen LogP contribution in [0.25, 0.3) is 16.3 Å². The summed E-state index contributed by atoms with van der Waals surface area (Å²) in [6.45, 7) is 8.62. The Morgan fingerprint density at radius 1 is 0.920 bits per heavy atom. The Bertz CT molecular complexity index is 967. The first kappa shape index (κ1) is 17.0. The maximum absolute atomic E-state index is 4.20. The van der Waals surface area contributed by atoms with Crippen LogP contribution in [0.3, 0.4) is 0 Å². The number of aromatic nitrogens is 5. The predicted octanol–water partition coefficient (Wildman–Crippen LogP) is 4.61. The third-order valence-electron chi connectivity index (χ3n) is 4.13. The van der Waals surface area contributed by atoms with Gasteiger partial charge in [-0.25, -0.2) is 4.52 Å². The van der Waals surface area contributed by atoms with E-state index in [0.717, 1.165) is 16.5 Å². The number of rotatable bonds is 2. The van der Waals surface area contributed by atoms with Gasteiger partial charge < -0.3 is 0 Å². The molecular weight excluding hydrogens is 310 g/mol. The lowest BCUT2D eigenvalue weighted by molar-refractivity contribution is 0.798. The Morgan fingerprint density at radius 3 is 2.52 bits per heavy atom. The SMILES string of the molecule is CC(C)c1ccnn2cccc12.CC(C)c1nncc2cnccc12. The van der Waals surface area contributed by atoms with E-state index in [9.17, 15) is 0 Å². The van der Waals surface area contributed by atoms with Crippen LogP contribution in [0, 0.1) is 0 Å². The van der Waals surface area contributed by atoms with Crippen LogP contribution in [0.4, 0.5) is 0 Å². The Morgan fingerprint density at radius 2 is 1.76 bits per heavy atom. The molecule has 25 heavy (non-hydrogen) atoms. The van der Waals surface area contributed by atoms with Crippen LogP contribution < -0.4 is 0 Å². The second-order valence-electron chi connectivity index (χ2n) is 6.63. The summed E-state index contributed by atoms with van der Waals surface area (Å²) in [6.07, 6.45) is 9.17. The summed E-state index contributed by atoms with van der Waals surface area (Å²) in [7, 11) is 0. The van der Waals surface area contributed by atoms with Gasteiger partial charge in [-0.3, -0.25) is 4.98 Å². The van der Waals surface area contributed by atoms with E-state index in [2.05, 4.69) is 60.1 Å². The fraction of sp³-hybridized carbons (Fsp3) is 0.300. The smallest absolute Gasteiger partial charge is 0.0735 e. The number of fused-ring (bicyclic) bond motifs is 2. The molecular formula is C20H23N5. The number of nitrogens with zero attached hydrogens (tertiary/aromatic N) is 5. The van der Waals surface area contributed by atoms with Crippen molar-refractivity contribution in [3.63, 3.8) is 0 Å². The summed E-state index contributed by atoms with van der Waals surface area (Å²) >= 11 is 0. The van der Waals surface area contributed by atoms with E-state index in [4.69, 9.17) is 0 Å². The van der Waals surface area contributed by atoms with E-state index in [0.29, 0.717) is 11.8 Å². The van der Waals surface area contributed by atoms with Crippen LogP contribution in [-0.2, 0) is 0 Å². The van der Waals surface area contributed by atoms with Gasteiger partial charge in [-0.15, -0.1) is 0 Å². The molecule has 5 heteroatoms. The van der Waals surface area contributed by atoms with Crippen LogP contribution in [-0.4, -0.2) is 24.8 Å². The van der Waals surface area contributed by atoms with Crippen molar-refractivity contribution in [1.82, 2.24) is 24.8 Å². The fourth-order valence-electron chi connectivity index (χ4n) is 2.84. The van der Waals surface area contributed by atoms with Crippen LogP contribution in [0.5, 0.6) is 0 Å². The molecule has 4 heterocycles. The second-order valence-corrected chi connectivity index (χ2v) is 6.63. The molecule has 0 spiro atoms. The zero-order chi connectivity index (χ0) is 17.8. The van der Waals surface area contributed by atoms with Gasteiger partial charge in [0.2, 0.25) is 0 Å². The second kappa shape index (κ2) is 7.38. The molecule has 0 fully saturated rings. The first-order chi connectivity index (χ1) is 12.1. The largest absolute Gasteiger partial charge is 0.264 e. The summed E-state index contributed by atoms with van der Waals surface area (Å²) < 4.78 is 1.91. The summed E-state index contributed by atoms with van der Waals surface area (Å²) in [5.41, 5.74) is 3.61. The third-order valence-corrected chi connectivity index (χ3v) is 4.13. The van der Waals surface area contributed by atoms with Crippen LogP contribution in [0.15, 0.2) is 55.2 Å². The third kappa shape index (κ3) is 3.65. The van der Waals surface area contributed by atoms with Gasteiger partial charge in [-0.1, -0.05) is 27.7 Å². The fourth-order valence-corrected chi connectivity index (χ4v) is 2.84. The van der Waals surface area contributed by atoms with Crippen LogP contribution >= 0.6 is 0 Å². The molecule has 128 valence electrons. The number of hydrogen-bond acceptors (Lipinski definition) is 4. The average molecular weight is 333 g/mol. The molecule has 4 rings (SSSR count). The first-order valence-corrected chi connectivity index (χ1v) is 8.55. The average Bonchev–Trinajstić information content (AvgIpc) is 3.10. The van der Waals surface area contributed by atoms with E-state index in [1.165, 1.54) is 11.1 Å². The maximum atomic E-state index is 4.20. The predicted molar refractivity (Wildman–Crippen MR) is 101 cm³/mol. The van der Waals surface area contributed by atoms with Gasteiger partial charge in [0.15, 0.2) is 0 Å². The van der Waals surface area contributed by atoms with Gasteiger partial charge >= 0.3 is 0 Å². The minimum Gasteiger partial charge on any atom is -0.264 e. The molecule has 0 N–H and O–H groups in total. The Kier molecular flexibility index (Phi) is 5.03. The Labute approximate surface area is 147 Å². The van der Waals surface area contributed by atoms with Crippen molar-refractivity contribution in [2.75, 3.05) is 0 Å². The maximum Gasteiger partial charge on any atom is 0.0735 e. The summed E-state index contributed by atoms with van der Waals surface area (Å²) in [6, 6.07) is 8.19. The molecule has 4 aromatic rings. The van der Waals surface area contributed by atoms with E-state index < -0.39 is 0 Å². The highest BCUT2D eigenvalue weighted by molar-refractivity contribution is 5.82. The van der Waals surface area contributed by atoms with Crippen molar-refractivity contribution in [1.29, 1.82) is 0 Å². The summed E-state index contributed by atoms with van der Waals surface area (Å²) in [5.74, 6) is 0.962. The monoisotopic (exact) mass is 333 g/mol. The molecule has 0 saturated heterocycles. The molecule has 0 aliphatic rings. The molecule has 5 nitrogen and oxygen atoms in total. The molecule has 0 bridgehead atoms. The highest BCUT2D eigenvalue weighted by Gasteiger charge is 2.06. The molecule has 0 aromatic carbocycles. The van der Waals surface area contributed by atoms with E-state index >= 15 is 0 Å². The van der Waals surface area contributed by atoms with E-state index in [-0.39, 0.29) is 0 Å². The topological polar surface area (TPSA) is 56.0 Å². The minimum atomic E-state index is 0.401. The van der Waals surface area contributed by atoms with Crippen LogP contribution in [0.1, 0.15) is 50.8 Å². The lowest BCUT2D eigenvalue weighted by atomic mass is 10.0.